The van der Waals surface area contributed by atoms with E-state index in [0.717, 1.165) is 42.6 Å². The molecule has 1 aliphatic carbocycles. The molecule has 0 saturated heterocycles. The molecule has 0 bridgehead atoms. The third-order valence-corrected chi connectivity index (χ3v) is 8.76. The highest BCUT2D eigenvalue weighted by atomic mass is 35.5. The number of amides is 4. The Bertz CT molecular complexity index is 1290. The van der Waals surface area contributed by atoms with Crippen molar-refractivity contribution in [2.24, 2.45) is 5.92 Å². The van der Waals surface area contributed by atoms with Crippen molar-refractivity contribution in [3.63, 3.8) is 0 Å². The molecule has 11 heteroatoms. The Morgan fingerprint density at radius 3 is 2.24 bits per heavy atom. The number of benzene rings is 2. The van der Waals surface area contributed by atoms with Crippen LogP contribution in [0.15, 0.2) is 54.6 Å². The number of carbonyl (C=O) groups is 4. The van der Waals surface area contributed by atoms with Gasteiger partial charge in [-0.2, -0.15) is 0 Å². The molecule has 0 heterocycles. The molecule has 1 aliphatic rings. The molecule has 1 fully saturated rings. The summed E-state index contributed by atoms with van der Waals surface area (Å²) in [6, 6.07) is 14.2. The van der Waals surface area contributed by atoms with E-state index in [9.17, 15) is 29.4 Å². The van der Waals surface area contributed by atoms with Gasteiger partial charge in [-0.3, -0.25) is 19.3 Å². The quantitative estimate of drug-likeness (QED) is 0.200. The average Bonchev–Trinajstić information content (AvgIpc) is 3.03. The van der Waals surface area contributed by atoms with E-state index in [1.54, 1.807) is 50.1 Å². The molecule has 0 radical (unpaired) electrons. The first kappa shape index (κ1) is 36.8. The van der Waals surface area contributed by atoms with Crippen LogP contribution in [-0.4, -0.2) is 81.6 Å². The number of carboxylic acid groups (broad SMARTS) is 1. The first-order valence-corrected chi connectivity index (χ1v) is 16.6. The molecule has 3 unspecified atom stereocenters. The summed E-state index contributed by atoms with van der Waals surface area (Å²) < 4.78 is 0. The fraction of sp³-hybridized carbons (Fsp3) is 0.543. The van der Waals surface area contributed by atoms with E-state index in [1.165, 1.54) is 0 Å². The van der Waals surface area contributed by atoms with Gasteiger partial charge in [-0.15, -0.1) is 0 Å². The Morgan fingerprint density at radius 2 is 1.61 bits per heavy atom. The second kappa shape index (κ2) is 18.5. The number of likely N-dealkylation sites (N-methyl/N-ethyl adjacent to an activating group) is 1. The first-order valence-electron chi connectivity index (χ1n) is 16.2. The number of rotatable bonds is 16. The third kappa shape index (κ3) is 11.9. The van der Waals surface area contributed by atoms with Gasteiger partial charge in [-0.25, -0.2) is 4.79 Å². The minimum Gasteiger partial charge on any atom is -0.465 e. The van der Waals surface area contributed by atoms with Crippen LogP contribution >= 0.6 is 11.6 Å². The second-order valence-corrected chi connectivity index (χ2v) is 13.0. The molecule has 4 N–H and O–H groups in total. The molecule has 0 spiro atoms. The highest BCUT2D eigenvalue weighted by molar-refractivity contribution is 6.30. The van der Waals surface area contributed by atoms with Crippen molar-refractivity contribution in [1.82, 2.24) is 20.4 Å². The van der Waals surface area contributed by atoms with E-state index in [1.807, 2.05) is 30.3 Å². The van der Waals surface area contributed by atoms with Crippen LogP contribution in [-0.2, 0) is 27.3 Å². The number of aliphatic hydroxyl groups is 1. The van der Waals surface area contributed by atoms with Gasteiger partial charge in [0.15, 0.2) is 6.10 Å². The lowest BCUT2D eigenvalue weighted by Gasteiger charge is -2.34. The van der Waals surface area contributed by atoms with Crippen molar-refractivity contribution in [3.8, 4) is 0 Å². The van der Waals surface area contributed by atoms with Crippen molar-refractivity contribution in [2.45, 2.75) is 102 Å². The molecule has 10 nitrogen and oxygen atoms in total. The highest BCUT2D eigenvalue weighted by Crippen LogP contribution is 2.30. The van der Waals surface area contributed by atoms with Gasteiger partial charge in [0, 0.05) is 37.6 Å². The van der Waals surface area contributed by atoms with E-state index in [2.05, 4.69) is 10.6 Å². The molecule has 2 aromatic rings. The van der Waals surface area contributed by atoms with Gasteiger partial charge in [0.2, 0.25) is 11.8 Å². The minimum absolute atomic E-state index is 0.00948. The lowest BCUT2D eigenvalue weighted by molar-refractivity contribution is -0.136. The van der Waals surface area contributed by atoms with Crippen molar-refractivity contribution in [2.75, 3.05) is 13.6 Å². The van der Waals surface area contributed by atoms with Gasteiger partial charge >= 0.3 is 6.09 Å². The minimum atomic E-state index is -1.64. The summed E-state index contributed by atoms with van der Waals surface area (Å²) in [5.74, 6) is -1.33. The largest absolute Gasteiger partial charge is 0.465 e. The number of nitrogens with one attached hydrogen (secondary N) is 2. The Morgan fingerprint density at radius 1 is 0.935 bits per heavy atom. The van der Waals surface area contributed by atoms with Gasteiger partial charge in [-0.1, -0.05) is 86.2 Å². The number of nitrogens with zero attached hydrogens (tertiary/aromatic N) is 2. The number of hydrogen-bond donors (Lipinski definition) is 4. The average molecular weight is 657 g/mol. The Kier molecular flexibility index (Phi) is 14.8. The lowest BCUT2D eigenvalue weighted by Crippen LogP contribution is -2.57. The van der Waals surface area contributed by atoms with Crippen molar-refractivity contribution >= 4 is 35.4 Å². The van der Waals surface area contributed by atoms with Gasteiger partial charge < -0.3 is 25.7 Å². The Labute approximate surface area is 277 Å². The van der Waals surface area contributed by atoms with Crippen molar-refractivity contribution in [1.29, 1.82) is 0 Å². The summed E-state index contributed by atoms with van der Waals surface area (Å²) in [4.78, 5) is 55.3. The summed E-state index contributed by atoms with van der Waals surface area (Å²) in [7, 11) is 1.70. The first-order chi connectivity index (χ1) is 21.9. The van der Waals surface area contributed by atoms with Crippen LogP contribution in [0, 0.1) is 5.92 Å². The molecule has 46 heavy (non-hydrogen) atoms. The molecular formula is C35H49ClN4O6. The zero-order valence-electron chi connectivity index (χ0n) is 27.2. The topological polar surface area (TPSA) is 139 Å². The number of carbonyl (C=O) groups excluding carboxylic acids is 3. The molecule has 0 aromatic heterocycles. The van der Waals surface area contributed by atoms with Gasteiger partial charge in [0.05, 0.1) is 6.04 Å². The normalized spacial score (nSPS) is 15.4. The van der Waals surface area contributed by atoms with Gasteiger partial charge in [0.25, 0.3) is 5.91 Å². The summed E-state index contributed by atoms with van der Waals surface area (Å²) in [5.41, 5.74) is 1.73. The van der Waals surface area contributed by atoms with E-state index in [4.69, 9.17) is 11.6 Å². The predicted octanol–water partition coefficient (Wildman–Crippen LogP) is 5.01. The van der Waals surface area contributed by atoms with E-state index in [0.29, 0.717) is 30.0 Å². The van der Waals surface area contributed by atoms with E-state index < -0.39 is 36.1 Å². The van der Waals surface area contributed by atoms with Crippen LogP contribution in [0.4, 0.5) is 4.79 Å². The number of halogens is 1. The lowest BCUT2D eigenvalue weighted by atomic mass is 9.84. The third-order valence-electron chi connectivity index (χ3n) is 8.53. The highest BCUT2D eigenvalue weighted by Gasteiger charge is 2.36. The van der Waals surface area contributed by atoms with Gasteiger partial charge in [0.1, 0.15) is 6.04 Å². The maximum atomic E-state index is 14.0. The fourth-order valence-electron chi connectivity index (χ4n) is 5.93. The SMILES string of the molecule is CC(C)NC(=O)C(O)C(CCC(=O)N(C)CCc1ccccc1)NC(=O)C(CC1CCCCC1)N(Cc1cccc(Cl)c1)C(=O)O. The molecule has 3 rings (SSSR count). The molecule has 1 saturated carbocycles. The predicted molar refractivity (Wildman–Crippen MR) is 178 cm³/mol. The summed E-state index contributed by atoms with van der Waals surface area (Å²) in [6.07, 6.45) is 2.94. The molecule has 0 aliphatic heterocycles. The molecular weight excluding hydrogens is 608 g/mol. The van der Waals surface area contributed by atoms with Crippen LogP contribution in [0.1, 0.15) is 76.3 Å². The van der Waals surface area contributed by atoms with E-state index >= 15 is 0 Å². The molecule has 2 aromatic carbocycles. The summed E-state index contributed by atoms with van der Waals surface area (Å²) in [5, 5.41) is 27.3. The monoisotopic (exact) mass is 656 g/mol. The maximum absolute atomic E-state index is 14.0. The zero-order chi connectivity index (χ0) is 33.6. The zero-order valence-corrected chi connectivity index (χ0v) is 27.9. The van der Waals surface area contributed by atoms with Crippen LogP contribution in [0.3, 0.4) is 0 Å². The maximum Gasteiger partial charge on any atom is 0.408 e. The van der Waals surface area contributed by atoms with Crippen molar-refractivity contribution in [3.05, 3.63) is 70.7 Å². The second-order valence-electron chi connectivity index (χ2n) is 12.6. The van der Waals surface area contributed by atoms with E-state index in [-0.39, 0.29) is 37.3 Å². The number of hydrogen-bond acceptors (Lipinski definition) is 5. The standard InChI is InChI=1S/C35H49ClN4O6/c1-24(2)37-34(44)32(42)29(17-18-31(41)39(3)20-19-25-11-6-4-7-12-25)38-33(43)30(22-26-13-8-5-9-14-26)40(35(45)46)23-27-15-10-16-28(36)21-27/h4,6-7,10-12,15-16,21,24,26,29-30,32,42H,5,8-9,13-14,17-20,22-23H2,1-3H3,(H,37,44)(H,38,43)(H,45,46). The number of aliphatic hydroxyl groups excluding tert-OH is 1. The van der Waals surface area contributed by atoms with Crippen LogP contribution in [0.5, 0.6) is 0 Å². The molecule has 4 amide bonds. The fourth-order valence-corrected chi connectivity index (χ4v) is 6.15. The molecule has 252 valence electrons. The summed E-state index contributed by atoms with van der Waals surface area (Å²) in [6.45, 7) is 3.93. The molecule has 3 atom stereocenters. The van der Waals surface area contributed by atoms with Crippen molar-refractivity contribution < 1.29 is 29.4 Å². The Hall–Kier alpha value is -3.63. The Balaban J connectivity index is 1.80. The van der Waals surface area contributed by atoms with Crippen LogP contribution in [0.25, 0.3) is 0 Å². The van der Waals surface area contributed by atoms with Crippen LogP contribution in [0.2, 0.25) is 5.02 Å². The summed E-state index contributed by atoms with van der Waals surface area (Å²) >= 11 is 6.17. The van der Waals surface area contributed by atoms with Crippen LogP contribution < -0.4 is 10.6 Å². The van der Waals surface area contributed by atoms with Gasteiger partial charge in [-0.05, 0) is 62.3 Å². The smallest absolute Gasteiger partial charge is 0.408 e.